The Morgan fingerprint density at radius 2 is 1.70 bits per heavy atom. The number of benzene rings is 3. The van der Waals surface area contributed by atoms with E-state index in [9.17, 15) is 27.6 Å². The van der Waals surface area contributed by atoms with Crippen molar-refractivity contribution in [2.24, 2.45) is 29.6 Å². The lowest BCUT2D eigenvalue weighted by Crippen LogP contribution is -2.42. The van der Waals surface area contributed by atoms with E-state index < -0.39 is 41.1 Å². The van der Waals surface area contributed by atoms with Crippen LogP contribution in [0.2, 0.25) is 5.02 Å². The fourth-order valence-electron chi connectivity index (χ4n) is 8.15. The molecule has 3 aromatic carbocycles. The predicted octanol–water partition coefficient (Wildman–Crippen LogP) is 8.13. The first-order valence-corrected chi connectivity index (χ1v) is 17.5. The molecular formula is C33H23BrClF3N2O4S2. The minimum atomic E-state index is -4.73. The number of amides is 2. The number of hydrogen-bond donors (Lipinski definition) is 1. The second kappa shape index (κ2) is 11.0. The van der Waals surface area contributed by atoms with Crippen LogP contribution < -0.4 is 14.5 Å². The molecule has 7 atom stereocenters. The monoisotopic (exact) mass is 746 g/mol. The molecule has 2 aliphatic carbocycles. The normalized spacial score (nSPS) is 27.9. The maximum absolute atomic E-state index is 14.1. The molecule has 2 aliphatic heterocycles. The van der Waals surface area contributed by atoms with Crippen LogP contribution in [-0.4, -0.2) is 22.0 Å². The molecule has 6 nitrogen and oxygen atoms in total. The minimum Gasteiger partial charge on any atom is -0.489 e. The lowest BCUT2D eigenvalue weighted by atomic mass is 9.68. The Kier molecular flexibility index (Phi) is 7.24. The van der Waals surface area contributed by atoms with E-state index in [0.29, 0.717) is 17.2 Å². The molecule has 1 saturated heterocycles. The quantitative estimate of drug-likeness (QED) is 0.209. The molecule has 1 N–H and O–H groups in total. The first-order valence-electron chi connectivity index (χ1n) is 14.6. The van der Waals surface area contributed by atoms with Gasteiger partial charge in [-0.1, -0.05) is 63.1 Å². The summed E-state index contributed by atoms with van der Waals surface area (Å²) in [4.78, 5) is 45.1. The van der Waals surface area contributed by atoms with E-state index in [0.717, 1.165) is 47.8 Å². The summed E-state index contributed by atoms with van der Waals surface area (Å²) in [7, 11) is 0. The summed E-state index contributed by atoms with van der Waals surface area (Å²) in [5, 5.41) is 1.21. The van der Waals surface area contributed by atoms with Gasteiger partial charge in [0.15, 0.2) is 0 Å². The van der Waals surface area contributed by atoms with Gasteiger partial charge in [0.2, 0.25) is 11.8 Å². The number of halogens is 5. The number of carbonyl (C=O) groups is 2. The molecule has 0 radical (unpaired) electrons. The number of nitrogens with one attached hydrogen (secondary N) is 1. The Morgan fingerprint density at radius 3 is 2.43 bits per heavy atom. The fraction of sp³-hybridized carbons (Fsp3) is 0.303. The van der Waals surface area contributed by atoms with Gasteiger partial charge in [-0.3, -0.25) is 14.4 Å². The highest BCUT2D eigenvalue weighted by atomic mass is 79.9. The summed E-state index contributed by atoms with van der Waals surface area (Å²) in [6.07, 6.45) is -4.12. The molecule has 3 heterocycles. The number of H-pyrrole nitrogens is 1. The molecule has 13 heteroatoms. The number of ether oxygens (including phenoxy) is 1. The number of para-hydroxylation sites is 1. The number of hydrogen-bond acceptors (Lipinski definition) is 6. The first kappa shape index (κ1) is 30.3. The minimum absolute atomic E-state index is 0.133. The third kappa shape index (κ3) is 4.70. The lowest BCUT2D eigenvalue weighted by molar-refractivity contribution is -0.137. The molecular weight excluding hydrogens is 725 g/mol. The number of carbonyl (C=O) groups excluding carboxylic acids is 2. The first-order chi connectivity index (χ1) is 22.0. The van der Waals surface area contributed by atoms with Gasteiger partial charge < -0.3 is 9.72 Å². The van der Waals surface area contributed by atoms with Gasteiger partial charge in [-0.15, -0.1) is 11.8 Å². The molecule has 8 rings (SSSR count). The Balaban J connectivity index is 1.20. The van der Waals surface area contributed by atoms with Gasteiger partial charge in [0.05, 0.1) is 28.1 Å². The highest BCUT2D eigenvalue weighted by molar-refractivity contribution is 9.10. The molecule has 4 aromatic rings. The second-order valence-corrected chi connectivity index (χ2v) is 15.6. The van der Waals surface area contributed by atoms with Gasteiger partial charge in [0, 0.05) is 31.1 Å². The van der Waals surface area contributed by atoms with E-state index in [1.807, 2.05) is 30.3 Å². The Hall–Kier alpha value is -3.06. The molecule has 0 spiro atoms. The number of alkyl halides is 3. The smallest absolute Gasteiger partial charge is 0.418 e. The van der Waals surface area contributed by atoms with Crippen LogP contribution in [-0.2, 0) is 22.4 Å². The number of rotatable bonds is 5. The van der Waals surface area contributed by atoms with Crippen LogP contribution >= 0.6 is 50.6 Å². The number of fused-ring (bicyclic) bond motifs is 9. The van der Waals surface area contributed by atoms with E-state index in [2.05, 4.69) is 20.9 Å². The highest BCUT2D eigenvalue weighted by Crippen LogP contribution is 2.69. The van der Waals surface area contributed by atoms with E-state index in [1.54, 1.807) is 12.1 Å². The van der Waals surface area contributed by atoms with Crippen molar-refractivity contribution in [2.75, 3.05) is 4.90 Å². The highest BCUT2D eigenvalue weighted by Gasteiger charge is 2.70. The molecule has 2 saturated carbocycles. The van der Waals surface area contributed by atoms with Crippen molar-refractivity contribution in [3.05, 3.63) is 107 Å². The van der Waals surface area contributed by atoms with Crippen LogP contribution in [0.4, 0.5) is 18.9 Å². The number of anilines is 1. The standard InChI is InChI=1S/C33H23BrClF3N2O4S2/c34-15-7-10-22(44-13-14-5-8-16(35)9-6-14)17(11-15)23-24-18-12-19(27(24)45-29-28(23)46-32(43)39-29)26-25(18)30(41)40(31(26)42)21-4-2-1-3-20(21)33(36,37)38/h1-11,18-19,23-27H,12-13H2,(H,39,43)/t18?,19?,23-,24?,25?,26?,27?/m1/s1. The van der Waals surface area contributed by atoms with Gasteiger partial charge in [0.25, 0.3) is 0 Å². The number of aromatic amines is 1. The second-order valence-electron chi connectivity index (χ2n) is 12.1. The van der Waals surface area contributed by atoms with E-state index in [4.69, 9.17) is 16.3 Å². The molecule has 236 valence electrons. The van der Waals surface area contributed by atoms with Crippen LogP contribution in [0.5, 0.6) is 5.75 Å². The largest absolute Gasteiger partial charge is 0.489 e. The Labute approximate surface area is 282 Å². The van der Waals surface area contributed by atoms with Gasteiger partial charge in [-0.2, -0.15) is 13.2 Å². The van der Waals surface area contributed by atoms with Crippen LogP contribution in [0.3, 0.4) is 0 Å². The number of aromatic nitrogens is 1. The van der Waals surface area contributed by atoms with Gasteiger partial charge in [0.1, 0.15) is 12.4 Å². The zero-order valence-electron chi connectivity index (χ0n) is 23.6. The van der Waals surface area contributed by atoms with Crippen LogP contribution in [0.1, 0.15) is 33.9 Å². The number of nitrogens with zero attached hydrogens (tertiary/aromatic N) is 1. The molecule has 4 aliphatic rings. The molecule has 2 amide bonds. The number of thiazole rings is 1. The maximum atomic E-state index is 14.1. The molecule has 2 bridgehead atoms. The summed E-state index contributed by atoms with van der Waals surface area (Å²) in [6, 6.07) is 17.8. The van der Waals surface area contributed by atoms with Crippen LogP contribution in [0, 0.1) is 29.6 Å². The molecule has 46 heavy (non-hydrogen) atoms. The van der Waals surface area contributed by atoms with Crippen molar-refractivity contribution in [1.82, 2.24) is 4.98 Å². The zero-order chi connectivity index (χ0) is 32.1. The average molecular weight is 748 g/mol. The predicted molar refractivity (Wildman–Crippen MR) is 172 cm³/mol. The molecule has 3 fully saturated rings. The Bertz CT molecular complexity index is 1970. The third-order valence-corrected chi connectivity index (χ3v) is 13.1. The van der Waals surface area contributed by atoms with E-state index in [-0.39, 0.29) is 40.4 Å². The van der Waals surface area contributed by atoms with Gasteiger partial charge in [-0.25, -0.2) is 4.90 Å². The number of imide groups is 1. The maximum Gasteiger partial charge on any atom is 0.418 e. The third-order valence-electron chi connectivity index (χ3n) is 9.79. The van der Waals surface area contributed by atoms with E-state index >= 15 is 0 Å². The fourth-order valence-corrected chi connectivity index (χ4v) is 11.5. The van der Waals surface area contributed by atoms with Crippen LogP contribution in [0.25, 0.3) is 0 Å². The Morgan fingerprint density at radius 1 is 0.978 bits per heavy atom. The summed E-state index contributed by atoms with van der Waals surface area (Å²) in [6.45, 7) is 0.273. The summed E-state index contributed by atoms with van der Waals surface area (Å²) < 4.78 is 49.2. The van der Waals surface area contributed by atoms with Crippen molar-refractivity contribution in [3.8, 4) is 5.75 Å². The summed E-state index contributed by atoms with van der Waals surface area (Å²) in [5.41, 5.74) is 0.332. The van der Waals surface area contributed by atoms with Crippen molar-refractivity contribution in [2.45, 2.75) is 35.4 Å². The summed E-state index contributed by atoms with van der Waals surface area (Å²) >= 11 is 12.3. The average Bonchev–Trinajstić information content (AvgIpc) is 3.75. The van der Waals surface area contributed by atoms with Crippen LogP contribution in [0.15, 0.2) is 81.0 Å². The van der Waals surface area contributed by atoms with Crippen molar-refractivity contribution in [1.29, 1.82) is 0 Å². The van der Waals surface area contributed by atoms with Gasteiger partial charge in [-0.05, 0) is 72.2 Å². The zero-order valence-corrected chi connectivity index (χ0v) is 27.6. The van der Waals surface area contributed by atoms with Crippen molar-refractivity contribution < 1.29 is 27.5 Å². The number of thioether (sulfide) groups is 1. The summed E-state index contributed by atoms with van der Waals surface area (Å²) in [5.74, 6) is -3.00. The molecule has 1 aromatic heterocycles. The van der Waals surface area contributed by atoms with Crippen molar-refractivity contribution in [3.63, 3.8) is 0 Å². The lowest BCUT2D eigenvalue weighted by Gasteiger charge is -2.43. The van der Waals surface area contributed by atoms with Gasteiger partial charge >= 0.3 is 11.0 Å². The SMILES string of the molecule is O=C1C2C3CC(C2C(=O)N1c1ccccc1C(F)(F)F)C1C3Sc2[nH]c(=O)sc2[C@@H]1c1cc(Br)ccc1OCc1ccc(Cl)cc1. The van der Waals surface area contributed by atoms with Crippen molar-refractivity contribution >= 4 is 68.1 Å². The topological polar surface area (TPSA) is 79.5 Å². The molecule has 6 unspecified atom stereocenters. The van der Waals surface area contributed by atoms with E-state index in [1.165, 1.54) is 30.0 Å².